The molecule has 0 fully saturated rings. The summed E-state index contributed by atoms with van der Waals surface area (Å²) in [4.78, 5) is 2.13. The molecule has 35 heavy (non-hydrogen) atoms. The number of nitrogens with one attached hydrogen (secondary N) is 2. The smallest absolute Gasteiger partial charge is 0.133 e. The second-order valence-corrected chi connectivity index (χ2v) is 9.78. The second kappa shape index (κ2) is 13.9. The molecule has 0 atom stereocenters. The van der Waals surface area contributed by atoms with E-state index in [1.807, 2.05) is 54.5 Å². The molecule has 0 unspecified atom stereocenters. The summed E-state index contributed by atoms with van der Waals surface area (Å²) in [5, 5.41) is 1.98. The van der Waals surface area contributed by atoms with Crippen molar-refractivity contribution in [3.63, 3.8) is 0 Å². The fourth-order valence-corrected chi connectivity index (χ4v) is 4.25. The van der Waals surface area contributed by atoms with Crippen LogP contribution in [0.3, 0.4) is 0 Å². The lowest BCUT2D eigenvalue weighted by molar-refractivity contribution is 0.503. The third-order valence-corrected chi connectivity index (χ3v) is 6.46. The summed E-state index contributed by atoms with van der Waals surface area (Å²) >= 11 is 1.59. The van der Waals surface area contributed by atoms with Gasteiger partial charge < -0.3 is 0 Å². The van der Waals surface area contributed by atoms with Crippen molar-refractivity contribution in [3.8, 4) is 0 Å². The number of thiophene rings is 1. The van der Waals surface area contributed by atoms with Crippen LogP contribution in [0.25, 0.3) is 24.3 Å². The molecule has 0 saturated heterocycles. The standard InChI is InChI=1S/C29H35F2N3S/c1-4-6-18-32-34(33-19-7-5-2)25-13-11-23(12-14-25)9-10-24-20-28(30)27(29(31)21-24)17-16-26-15-8-22(3)35-26/h8-17,20-21,32-33H,4-7,18-19H2,1-3H3/b10-9+,17-16+. The van der Waals surface area contributed by atoms with Gasteiger partial charge in [-0.1, -0.05) is 51.0 Å². The van der Waals surface area contributed by atoms with E-state index in [-0.39, 0.29) is 5.56 Å². The van der Waals surface area contributed by atoms with Gasteiger partial charge in [0.2, 0.25) is 0 Å². The fourth-order valence-electron chi connectivity index (χ4n) is 3.47. The highest BCUT2D eigenvalue weighted by Gasteiger charge is 2.08. The predicted octanol–water partition coefficient (Wildman–Crippen LogP) is 8.09. The highest BCUT2D eigenvalue weighted by Crippen LogP contribution is 2.23. The number of unbranched alkanes of at least 4 members (excludes halogenated alkanes) is 2. The molecule has 3 aromatic rings. The van der Waals surface area contributed by atoms with Crippen molar-refractivity contribution in [1.82, 2.24) is 10.9 Å². The number of aryl methyl sites for hydroxylation is 1. The number of hydrazine groups is 2. The third kappa shape index (κ3) is 8.42. The number of anilines is 1. The molecule has 0 aliphatic heterocycles. The summed E-state index contributed by atoms with van der Waals surface area (Å²) in [7, 11) is 0. The van der Waals surface area contributed by atoms with Gasteiger partial charge in [0.25, 0.3) is 0 Å². The highest BCUT2D eigenvalue weighted by atomic mass is 32.1. The molecule has 2 N–H and O–H groups in total. The highest BCUT2D eigenvalue weighted by molar-refractivity contribution is 7.12. The van der Waals surface area contributed by atoms with E-state index in [4.69, 9.17) is 0 Å². The zero-order valence-electron chi connectivity index (χ0n) is 20.8. The summed E-state index contributed by atoms with van der Waals surface area (Å²) in [6, 6.07) is 14.7. The molecule has 186 valence electrons. The first-order valence-electron chi connectivity index (χ1n) is 12.3. The summed E-state index contributed by atoms with van der Waals surface area (Å²) in [6.45, 7) is 8.14. The topological polar surface area (TPSA) is 27.3 Å². The van der Waals surface area contributed by atoms with Crippen LogP contribution < -0.4 is 16.0 Å². The molecule has 3 rings (SSSR count). The zero-order valence-corrected chi connectivity index (χ0v) is 21.6. The average molecular weight is 496 g/mol. The van der Waals surface area contributed by atoms with Crippen LogP contribution in [0, 0.1) is 18.6 Å². The Balaban J connectivity index is 1.68. The Hall–Kier alpha value is -2.80. The Morgan fingerprint density at radius 2 is 1.37 bits per heavy atom. The lowest BCUT2D eigenvalue weighted by atomic mass is 10.1. The quantitative estimate of drug-likeness (QED) is 0.143. The van der Waals surface area contributed by atoms with Gasteiger partial charge in [-0.05, 0) is 79.4 Å². The van der Waals surface area contributed by atoms with E-state index in [1.165, 1.54) is 18.2 Å². The van der Waals surface area contributed by atoms with Crippen LogP contribution in [0.5, 0.6) is 0 Å². The van der Waals surface area contributed by atoms with Crippen LogP contribution in [0.2, 0.25) is 0 Å². The lowest BCUT2D eigenvalue weighted by Gasteiger charge is -2.26. The first-order chi connectivity index (χ1) is 17.0. The molecule has 1 aromatic heterocycles. The third-order valence-electron chi connectivity index (χ3n) is 5.50. The van der Waals surface area contributed by atoms with Crippen LogP contribution in [0.1, 0.15) is 66.0 Å². The van der Waals surface area contributed by atoms with Gasteiger partial charge in [0.05, 0.1) is 5.69 Å². The van der Waals surface area contributed by atoms with Gasteiger partial charge in [-0.25, -0.2) is 24.8 Å². The second-order valence-electron chi connectivity index (χ2n) is 8.46. The molecular formula is C29H35F2N3S. The molecule has 0 bridgehead atoms. The number of benzene rings is 2. The summed E-state index contributed by atoms with van der Waals surface area (Å²) < 4.78 is 29.2. The van der Waals surface area contributed by atoms with Crippen molar-refractivity contribution >= 4 is 41.3 Å². The van der Waals surface area contributed by atoms with Gasteiger partial charge in [0, 0.05) is 28.4 Å². The van der Waals surface area contributed by atoms with Crippen molar-refractivity contribution in [2.45, 2.75) is 46.5 Å². The average Bonchev–Trinajstić information content (AvgIpc) is 3.27. The molecule has 0 saturated carbocycles. The minimum atomic E-state index is -0.573. The van der Waals surface area contributed by atoms with Gasteiger partial charge in [0.15, 0.2) is 0 Å². The van der Waals surface area contributed by atoms with E-state index in [0.717, 1.165) is 59.8 Å². The van der Waals surface area contributed by atoms with Crippen molar-refractivity contribution in [2.24, 2.45) is 0 Å². The van der Waals surface area contributed by atoms with Gasteiger partial charge in [-0.3, -0.25) is 0 Å². The minimum absolute atomic E-state index is 0.0243. The molecular weight excluding hydrogens is 460 g/mol. The molecule has 0 spiro atoms. The normalized spacial score (nSPS) is 11.7. The molecule has 6 heteroatoms. The van der Waals surface area contributed by atoms with Gasteiger partial charge in [-0.2, -0.15) is 0 Å². The molecule has 2 aromatic carbocycles. The Bertz CT molecular complexity index is 1090. The molecule has 0 aliphatic rings. The summed E-state index contributed by atoms with van der Waals surface area (Å²) in [5.74, 6) is -1.15. The van der Waals surface area contributed by atoms with E-state index in [1.54, 1.807) is 23.5 Å². The molecule has 0 aliphatic carbocycles. The van der Waals surface area contributed by atoms with E-state index in [2.05, 4.69) is 24.7 Å². The number of hydrogen-bond donors (Lipinski definition) is 2. The Morgan fingerprint density at radius 3 is 1.91 bits per heavy atom. The number of halogens is 2. The zero-order chi connectivity index (χ0) is 25.0. The maximum absolute atomic E-state index is 14.6. The van der Waals surface area contributed by atoms with E-state index < -0.39 is 11.6 Å². The first-order valence-corrected chi connectivity index (χ1v) is 13.1. The van der Waals surface area contributed by atoms with Crippen LogP contribution in [0.15, 0.2) is 48.5 Å². The van der Waals surface area contributed by atoms with Crippen LogP contribution in [-0.2, 0) is 0 Å². The van der Waals surface area contributed by atoms with Crippen LogP contribution in [-0.4, -0.2) is 13.1 Å². The number of nitrogens with zero attached hydrogens (tertiary/aromatic N) is 1. The molecule has 3 nitrogen and oxygen atoms in total. The summed E-state index contributed by atoms with van der Waals surface area (Å²) in [5.41, 5.74) is 9.29. The van der Waals surface area contributed by atoms with Crippen molar-refractivity contribution in [3.05, 3.63) is 86.6 Å². The van der Waals surface area contributed by atoms with E-state index >= 15 is 0 Å². The Morgan fingerprint density at radius 1 is 0.771 bits per heavy atom. The van der Waals surface area contributed by atoms with E-state index in [0.29, 0.717) is 5.56 Å². The number of hydrogen-bond acceptors (Lipinski definition) is 4. The molecule has 1 heterocycles. The van der Waals surface area contributed by atoms with Gasteiger partial charge in [0.1, 0.15) is 11.6 Å². The molecule has 0 radical (unpaired) electrons. The largest absolute Gasteiger partial charge is 0.242 e. The maximum atomic E-state index is 14.6. The SMILES string of the molecule is CCCCNN(NCCCC)c1ccc(/C=C/c2cc(F)c(/C=C/c3ccc(C)s3)c(F)c2)cc1. The monoisotopic (exact) mass is 495 g/mol. The van der Waals surface area contributed by atoms with Crippen LogP contribution in [0.4, 0.5) is 14.5 Å². The summed E-state index contributed by atoms with van der Waals surface area (Å²) in [6.07, 6.45) is 11.3. The van der Waals surface area contributed by atoms with Crippen LogP contribution >= 0.6 is 11.3 Å². The fraction of sp³-hybridized carbons (Fsp3) is 0.310. The first kappa shape index (κ1) is 26.8. The predicted molar refractivity (Wildman–Crippen MR) is 148 cm³/mol. The number of rotatable bonds is 13. The Labute approximate surface area is 212 Å². The molecule has 0 amide bonds. The van der Waals surface area contributed by atoms with Crippen molar-refractivity contribution < 1.29 is 8.78 Å². The van der Waals surface area contributed by atoms with Crippen molar-refractivity contribution in [1.29, 1.82) is 0 Å². The maximum Gasteiger partial charge on any atom is 0.133 e. The lowest BCUT2D eigenvalue weighted by Crippen LogP contribution is -2.49. The van der Waals surface area contributed by atoms with Gasteiger partial charge in [-0.15, -0.1) is 11.3 Å². The van der Waals surface area contributed by atoms with Crippen molar-refractivity contribution in [2.75, 3.05) is 18.2 Å². The minimum Gasteiger partial charge on any atom is -0.242 e. The van der Waals surface area contributed by atoms with E-state index in [9.17, 15) is 8.78 Å². The Kier molecular flexibility index (Phi) is 10.7. The van der Waals surface area contributed by atoms with Gasteiger partial charge >= 0.3 is 0 Å².